The van der Waals surface area contributed by atoms with E-state index in [-0.39, 0.29) is 24.0 Å². The summed E-state index contributed by atoms with van der Waals surface area (Å²) < 4.78 is 4.80. The SMILES string of the molecule is O=C(OC(=O)c1ccc(Cc2ccccc2)c(C(=O)O)c1C(=O)O)c1ccc(Cc2ccccc2)c(C(=O)O)c1C(=O)O. The number of carboxylic acids is 4. The van der Waals surface area contributed by atoms with Crippen molar-refractivity contribution < 1.29 is 53.9 Å². The quantitative estimate of drug-likeness (QED) is 0.150. The standard InChI is InChI=1S/C32H22O11/c33-27(34)23-19(15-17-7-3-1-4-8-17)11-13-21(25(23)29(37)38)31(41)43-32(42)22-14-12-20(16-18-9-5-2-6-10-18)24(28(35)36)26(22)30(39)40/h1-14H,15-16H2,(H,33,34)(H,35,36)(H,37,38)(H,39,40). The average Bonchev–Trinajstić information content (AvgIpc) is 2.97. The van der Waals surface area contributed by atoms with Gasteiger partial charge in [-0.3, -0.25) is 0 Å². The highest BCUT2D eigenvalue weighted by molar-refractivity contribution is 6.15. The van der Waals surface area contributed by atoms with Crippen molar-refractivity contribution in [2.45, 2.75) is 12.8 Å². The Hall–Kier alpha value is -6.10. The molecule has 0 saturated carbocycles. The fourth-order valence-electron chi connectivity index (χ4n) is 4.69. The minimum atomic E-state index is -1.78. The molecule has 0 radical (unpaired) electrons. The van der Waals surface area contributed by atoms with Gasteiger partial charge in [-0.15, -0.1) is 0 Å². The van der Waals surface area contributed by atoms with Gasteiger partial charge in [0.1, 0.15) is 0 Å². The maximum atomic E-state index is 13.0. The average molecular weight is 583 g/mol. The van der Waals surface area contributed by atoms with Crippen LogP contribution in [-0.2, 0) is 17.6 Å². The van der Waals surface area contributed by atoms with E-state index in [1.165, 1.54) is 12.1 Å². The summed E-state index contributed by atoms with van der Waals surface area (Å²) in [5.74, 6) is -9.99. The molecule has 0 aliphatic carbocycles. The van der Waals surface area contributed by atoms with Crippen molar-refractivity contribution >= 4 is 35.8 Å². The summed E-state index contributed by atoms with van der Waals surface area (Å²) in [5.41, 5.74) is -3.30. The van der Waals surface area contributed by atoms with Crippen LogP contribution >= 0.6 is 0 Å². The molecule has 0 aliphatic heterocycles. The first-order valence-electron chi connectivity index (χ1n) is 12.6. The molecule has 0 spiro atoms. The van der Waals surface area contributed by atoms with Gasteiger partial charge < -0.3 is 25.2 Å². The van der Waals surface area contributed by atoms with Gasteiger partial charge in [0.2, 0.25) is 0 Å². The molecule has 0 bridgehead atoms. The van der Waals surface area contributed by atoms with E-state index in [9.17, 15) is 49.2 Å². The summed E-state index contributed by atoms with van der Waals surface area (Å²) in [6, 6.07) is 21.5. The number of aromatic carboxylic acids is 4. The fourth-order valence-corrected chi connectivity index (χ4v) is 4.69. The van der Waals surface area contributed by atoms with Crippen LogP contribution in [0.2, 0.25) is 0 Å². The third-order valence-corrected chi connectivity index (χ3v) is 6.54. The van der Waals surface area contributed by atoms with Crippen molar-refractivity contribution in [2.75, 3.05) is 0 Å². The van der Waals surface area contributed by atoms with Gasteiger partial charge in [0, 0.05) is 0 Å². The molecule has 0 fully saturated rings. The van der Waals surface area contributed by atoms with Crippen molar-refractivity contribution in [1.82, 2.24) is 0 Å². The molecule has 4 aromatic carbocycles. The van der Waals surface area contributed by atoms with E-state index in [0.717, 1.165) is 12.1 Å². The minimum Gasteiger partial charge on any atom is -0.478 e. The van der Waals surface area contributed by atoms with Crippen LogP contribution in [0.4, 0.5) is 0 Å². The lowest BCUT2D eigenvalue weighted by molar-refractivity contribution is 0.0386. The Morgan fingerprint density at radius 3 is 1.07 bits per heavy atom. The molecule has 4 rings (SSSR count). The van der Waals surface area contributed by atoms with Crippen LogP contribution < -0.4 is 0 Å². The van der Waals surface area contributed by atoms with Gasteiger partial charge in [-0.2, -0.15) is 0 Å². The zero-order valence-corrected chi connectivity index (χ0v) is 22.1. The zero-order chi connectivity index (χ0) is 31.3. The highest BCUT2D eigenvalue weighted by atomic mass is 16.6. The number of hydrogen-bond acceptors (Lipinski definition) is 7. The summed E-state index contributed by atoms with van der Waals surface area (Å²) in [4.78, 5) is 74.7. The second kappa shape index (κ2) is 12.6. The van der Waals surface area contributed by atoms with Crippen molar-refractivity contribution in [3.63, 3.8) is 0 Å². The van der Waals surface area contributed by atoms with E-state index in [0.29, 0.717) is 11.1 Å². The fraction of sp³-hybridized carbons (Fsp3) is 0.0625. The summed E-state index contributed by atoms with van der Waals surface area (Å²) in [6.45, 7) is 0. The Balaban J connectivity index is 1.74. The van der Waals surface area contributed by atoms with Crippen LogP contribution in [-0.4, -0.2) is 56.2 Å². The smallest absolute Gasteiger partial charge is 0.346 e. The number of carbonyl (C=O) groups excluding carboxylic acids is 2. The predicted molar refractivity (Wildman–Crippen MR) is 149 cm³/mol. The third kappa shape index (κ3) is 6.46. The number of hydrogen-bond donors (Lipinski definition) is 4. The summed E-state index contributed by atoms with van der Waals surface area (Å²) in [5, 5.41) is 39.4. The second-order valence-corrected chi connectivity index (χ2v) is 9.27. The molecule has 11 nitrogen and oxygen atoms in total. The highest BCUT2D eigenvalue weighted by Crippen LogP contribution is 2.26. The monoisotopic (exact) mass is 582 g/mol. The van der Waals surface area contributed by atoms with Gasteiger partial charge in [-0.05, 0) is 47.2 Å². The van der Waals surface area contributed by atoms with Crippen LogP contribution in [0.5, 0.6) is 0 Å². The van der Waals surface area contributed by atoms with E-state index in [2.05, 4.69) is 0 Å². The number of esters is 2. The summed E-state index contributed by atoms with van der Waals surface area (Å²) >= 11 is 0. The van der Waals surface area contributed by atoms with Crippen molar-refractivity contribution in [3.05, 3.63) is 141 Å². The first-order chi connectivity index (χ1) is 20.5. The summed E-state index contributed by atoms with van der Waals surface area (Å²) in [6.07, 6.45) is 0.0402. The van der Waals surface area contributed by atoms with E-state index in [1.54, 1.807) is 60.7 Å². The van der Waals surface area contributed by atoms with Crippen molar-refractivity contribution in [3.8, 4) is 0 Å². The maximum Gasteiger partial charge on any atom is 0.346 e. The van der Waals surface area contributed by atoms with Crippen LogP contribution in [0, 0.1) is 0 Å². The van der Waals surface area contributed by atoms with E-state index < -0.39 is 69.2 Å². The molecule has 0 amide bonds. The van der Waals surface area contributed by atoms with Gasteiger partial charge in [-0.1, -0.05) is 72.8 Å². The first kappa shape index (κ1) is 29.9. The van der Waals surface area contributed by atoms with Gasteiger partial charge in [0.15, 0.2) is 0 Å². The molecule has 0 saturated heterocycles. The molecular formula is C32H22O11. The lowest BCUT2D eigenvalue weighted by atomic mass is 9.91. The minimum absolute atomic E-state index is 0.0201. The Morgan fingerprint density at radius 2 is 0.767 bits per heavy atom. The Morgan fingerprint density at radius 1 is 0.442 bits per heavy atom. The van der Waals surface area contributed by atoms with Crippen LogP contribution in [0.1, 0.15) is 84.4 Å². The molecule has 0 aliphatic rings. The molecule has 4 aromatic rings. The van der Waals surface area contributed by atoms with Gasteiger partial charge >= 0.3 is 35.8 Å². The number of ether oxygens (including phenoxy) is 1. The van der Waals surface area contributed by atoms with Crippen molar-refractivity contribution in [2.24, 2.45) is 0 Å². The van der Waals surface area contributed by atoms with Crippen LogP contribution in [0.15, 0.2) is 84.9 Å². The maximum absolute atomic E-state index is 13.0. The summed E-state index contributed by atoms with van der Waals surface area (Å²) in [7, 11) is 0. The molecule has 4 N–H and O–H groups in total. The Bertz CT molecular complexity index is 1640. The molecule has 0 unspecified atom stereocenters. The lowest BCUT2D eigenvalue weighted by Gasteiger charge is -2.15. The lowest BCUT2D eigenvalue weighted by Crippen LogP contribution is -2.23. The number of carboxylic acid groups (broad SMARTS) is 4. The normalized spacial score (nSPS) is 10.5. The second-order valence-electron chi connectivity index (χ2n) is 9.27. The van der Waals surface area contributed by atoms with E-state index >= 15 is 0 Å². The van der Waals surface area contributed by atoms with Gasteiger partial charge in [0.25, 0.3) is 0 Å². The Labute approximate surface area is 243 Å². The van der Waals surface area contributed by atoms with Gasteiger partial charge in [-0.25, -0.2) is 28.8 Å². The van der Waals surface area contributed by atoms with Crippen molar-refractivity contribution in [1.29, 1.82) is 0 Å². The Kier molecular flexibility index (Phi) is 8.76. The number of benzene rings is 4. The molecular weight excluding hydrogens is 560 g/mol. The third-order valence-electron chi connectivity index (χ3n) is 6.54. The first-order valence-corrected chi connectivity index (χ1v) is 12.6. The highest BCUT2D eigenvalue weighted by Gasteiger charge is 2.32. The van der Waals surface area contributed by atoms with Gasteiger partial charge in [0.05, 0.1) is 33.4 Å². The topological polar surface area (TPSA) is 193 Å². The molecule has 11 heteroatoms. The van der Waals surface area contributed by atoms with Crippen LogP contribution in [0.3, 0.4) is 0 Å². The largest absolute Gasteiger partial charge is 0.478 e. The molecule has 43 heavy (non-hydrogen) atoms. The van der Waals surface area contributed by atoms with Crippen LogP contribution in [0.25, 0.3) is 0 Å². The zero-order valence-electron chi connectivity index (χ0n) is 22.1. The molecule has 216 valence electrons. The number of carbonyl (C=O) groups is 6. The predicted octanol–water partition coefficient (Wildman–Crippen LogP) is 4.66. The molecule has 0 heterocycles. The van der Waals surface area contributed by atoms with E-state index in [4.69, 9.17) is 4.74 Å². The number of rotatable bonds is 10. The molecule has 0 atom stereocenters. The molecule has 0 aromatic heterocycles. The van der Waals surface area contributed by atoms with E-state index in [1.807, 2.05) is 0 Å².